The Bertz CT molecular complexity index is 3680. The van der Waals surface area contributed by atoms with Crippen molar-refractivity contribution in [3.05, 3.63) is 216 Å². The number of benzene rings is 9. The van der Waals surface area contributed by atoms with E-state index in [4.69, 9.17) is 4.74 Å². The summed E-state index contributed by atoms with van der Waals surface area (Å²) in [5.74, 6) is 1.81. The molecule has 4 heterocycles. The Morgan fingerprint density at radius 2 is 1.05 bits per heavy atom. The molecular weight excluding hydrogens is 737 g/mol. The average Bonchev–Trinajstić information content (AvgIpc) is 3.90. The average molecular weight is 769 g/mol. The number of nitrogens with zero attached hydrogens (tertiary/aromatic N) is 2. The molecule has 0 bridgehead atoms. The maximum atomic E-state index is 6.61. The summed E-state index contributed by atoms with van der Waals surface area (Å²) < 4.78 is 11.7. The molecule has 3 nitrogen and oxygen atoms in total. The van der Waals surface area contributed by atoms with E-state index in [0.29, 0.717) is 0 Å². The lowest BCUT2D eigenvalue weighted by molar-refractivity contribution is 0.436. The molecule has 4 heteroatoms. The van der Waals surface area contributed by atoms with Gasteiger partial charge in [-0.25, -0.2) is 0 Å². The van der Waals surface area contributed by atoms with E-state index in [-0.39, 0.29) is 0 Å². The molecular formula is C55H32N2OS. The van der Waals surface area contributed by atoms with Gasteiger partial charge in [-0.05, 0) is 94.4 Å². The Morgan fingerprint density at radius 1 is 0.407 bits per heavy atom. The molecule has 2 aliphatic rings. The molecule has 0 N–H and O–H groups in total. The fourth-order valence-electron chi connectivity index (χ4n) is 10.9. The van der Waals surface area contributed by atoms with Crippen molar-refractivity contribution in [1.82, 2.24) is 4.40 Å². The smallest absolute Gasteiger partial charge is 0.132 e. The normalized spacial score (nSPS) is 13.7. The lowest BCUT2D eigenvalue weighted by Gasteiger charge is -2.39. The number of aromatic nitrogens is 1. The predicted molar refractivity (Wildman–Crippen MR) is 246 cm³/mol. The van der Waals surface area contributed by atoms with Crippen LogP contribution in [0.25, 0.3) is 69.4 Å². The van der Waals surface area contributed by atoms with Crippen LogP contribution in [-0.4, -0.2) is 4.40 Å². The molecule has 0 radical (unpaired) electrons. The van der Waals surface area contributed by atoms with E-state index in [1.54, 1.807) is 0 Å². The molecule has 1 aliphatic heterocycles. The zero-order valence-electron chi connectivity index (χ0n) is 31.7. The van der Waals surface area contributed by atoms with E-state index in [9.17, 15) is 0 Å². The first-order chi connectivity index (χ1) is 29.3. The molecule has 0 fully saturated rings. The molecule has 9 aromatic carbocycles. The second kappa shape index (κ2) is 11.4. The first-order valence-corrected chi connectivity index (χ1v) is 21.1. The minimum absolute atomic E-state index is 0.513. The van der Waals surface area contributed by atoms with Gasteiger partial charge in [0.05, 0.1) is 22.0 Å². The summed E-state index contributed by atoms with van der Waals surface area (Å²) in [4.78, 5) is 2.46. The van der Waals surface area contributed by atoms with Crippen molar-refractivity contribution in [3.63, 3.8) is 0 Å². The lowest BCUT2D eigenvalue weighted by Crippen LogP contribution is -2.32. The van der Waals surface area contributed by atoms with Gasteiger partial charge in [-0.3, -0.25) is 0 Å². The fourth-order valence-corrected chi connectivity index (χ4v) is 12.1. The number of para-hydroxylation sites is 5. The molecule has 59 heavy (non-hydrogen) atoms. The molecule has 0 unspecified atom stereocenters. The Balaban J connectivity index is 1.08. The summed E-state index contributed by atoms with van der Waals surface area (Å²) in [7, 11) is 0. The van der Waals surface area contributed by atoms with Gasteiger partial charge >= 0.3 is 0 Å². The van der Waals surface area contributed by atoms with Crippen molar-refractivity contribution in [1.29, 1.82) is 0 Å². The molecule has 0 amide bonds. The highest BCUT2D eigenvalue weighted by Gasteiger charge is 2.51. The maximum absolute atomic E-state index is 6.61. The minimum Gasteiger partial charge on any atom is -0.457 e. The number of thiophene rings is 1. The monoisotopic (exact) mass is 768 g/mol. The lowest BCUT2D eigenvalue weighted by atomic mass is 9.66. The van der Waals surface area contributed by atoms with Crippen LogP contribution in [0.1, 0.15) is 22.3 Å². The number of anilines is 3. The number of hydrogen-bond acceptors (Lipinski definition) is 3. The Morgan fingerprint density at radius 3 is 1.88 bits per heavy atom. The summed E-state index contributed by atoms with van der Waals surface area (Å²) in [5, 5.41) is 7.76. The van der Waals surface area contributed by atoms with E-state index in [0.717, 1.165) is 28.6 Å². The highest BCUT2D eigenvalue weighted by Crippen LogP contribution is 2.62. The summed E-state index contributed by atoms with van der Waals surface area (Å²) in [6.07, 6.45) is 0. The molecule has 274 valence electrons. The van der Waals surface area contributed by atoms with Gasteiger partial charge in [0.2, 0.25) is 0 Å². The van der Waals surface area contributed by atoms with Crippen LogP contribution in [0, 0.1) is 0 Å². The van der Waals surface area contributed by atoms with Gasteiger partial charge in [-0.1, -0.05) is 127 Å². The van der Waals surface area contributed by atoms with E-state index >= 15 is 0 Å². The zero-order valence-corrected chi connectivity index (χ0v) is 32.5. The highest BCUT2D eigenvalue weighted by atomic mass is 32.1. The Hall–Kier alpha value is -7.40. The van der Waals surface area contributed by atoms with Crippen LogP contribution in [0.15, 0.2) is 194 Å². The van der Waals surface area contributed by atoms with Crippen molar-refractivity contribution < 1.29 is 4.74 Å². The van der Waals surface area contributed by atoms with E-state index in [2.05, 4.69) is 203 Å². The Kier molecular flexibility index (Phi) is 6.10. The van der Waals surface area contributed by atoms with Crippen LogP contribution in [-0.2, 0) is 5.41 Å². The van der Waals surface area contributed by atoms with E-state index < -0.39 is 5.41 Å². The highest BCUT2D eigenvalue weighted by molar-refractivity contribution is 7.26. The van der Waals surface area contributed by atoms with Crippen molar-refractivity contribution in [2.75, 3.05) is 4.90 Å². The third kappa shape index (κ3) is 3.97. The van der Waals surface area contributed by atoms with Gasteiger partial charge < -0.3 is 14.0 Å². The number of ether oxygens (including phenoxy) is 1. The molecule has 0 saturated carbocycles. The van der Waals surface area contributed by atoms with E-state index in [1.807, 2.05) is 11.3 Å². The molecule has 12 aromatic rings. The standard InChI is InChI=1S/C55H32N2OS/c1-2-14-33(15-3-1)56(34-28-29-43-40(30-34)36-16-4-6-20-42(36)55(43)44-21-7-10-25-48(44)58-49-26-11-8-22-45(49)55)35-31-41-39-19-12-18-38-37-17-5-9-23-46(37)57(54(38)39)47-24-13-27-50-53(47)52(41)51(32-35)59-50/h1-32H. The number of fused-ring (bicyclic) bond motifs is 14. The molecule has 0 atom stereocenters. The van der Waals surface area contributed by atoms with Crippen LogP contribution in [0.3, 0.4) is 0 Å². The SMILES string of the molecule is c1ccc(N(c2ccc3c(c2)-c2ccccc2C32c3ccccc3Oc3ccccc32)c2cc3sc4cccc5c4c3c(c2)c2cccc3c4ccccc4n5c23)cc1. The molecule has 1 spiro atoms. The van der Waals surface area contributed by atoms with Crippen LogP contribution < -0.4 is 9.64 Å². The minimum atomic E-state index is -0.513. The van der Waals surface area contributed by atoms with Crippen molar-refractivity contribution >= 4 is 86.7 Å². The first kappa shape index (κ1) is 31.7. The topological polar surface area (TPSA) is 16.9 Å². The second-order valence-electron chi connectivity index (χ2n) is 16.0. The van der Waals surface area contributed by atoms with Crippen molar-refractivity contribution in [2.24, 2.45) is 0 Å². The van der Waals surface area contributed by atoms with Gasteiger partial charge in [-0.2, -0.15) is 0 Å². The van der Waals surface area contributed by atoms with Gasteiger partial charge in [-0.15, -0.1) is 11.3 Å². The Labute approximate surface area is 343 Å². The predicted octanol–water partition coefficient (Wildman–Crippen LogP) is 15.1. The van der Waals surface area contributed by atoms with Gasteiger partial charge in [0.1, 0.15) is 11.5 Å². The molecule has 14 rings (SSSR count). The van der Waals surface area contributed by atoms with Gasteiger partial charge in [0, 0.05) is 64.5 Å². The zero-order chi connectivity index (χ0) is 38.4. The maximum Gasteiger partial charge on any atom is 0.132 e. The molecule has 3 aromatic heterocycles. The quantitative estimate of drug-likeness (QED) is 0.178. The molecule has 0 saturated heterocycles. The van der Waals surface area contributed by atoms with Gasteiger partial charge in [0.15, 0.2) is 0 Å². The number of rotatable bonds is 3. The first-order valence-electron chi connectivity index (χ1n) is 20.3. The molecule has 1 aliphatic carbocycles. The van der Waals surface area contributed by atoms with Crippen molar-refractivity contribution in [3.8, 4) is 22.6 Å². The summed E-state index contributed by atoms with van der Waals surface area (Å²) in [6, 6.07) is 71.6. The summed E-state index contributed by atoms with van der Waals surface area (Å²) >= 11 is 1.89. The van der Waals surface area contributed by atoms with Crippen molar-refractivity contribution in [2.45, 2.75) is 5.41 Å². The summed E-state index contributed by atoms with van der Waals surface area (Å²) in [6.45, 7) is 0. The summed E-state index contributed by atoms with van der Waals surface area (Å²) in [5.41, 5.74) is 14.0. The van der Waals surface area contributed by atoms with Crippen LogP contribution in [0.5, 0.6) is 11.5 Å². The van der Waals surface area contributed by atoms with Crippen LogP contribution >= 0.6 is 11.3 Å². The third-order valence-electron chi connectivity index (χ3n) is 13.1. The fraction of sp³-hybridized carbons (Fsp3) is 0.0182. The van der Waals surface area contributed by atoms with Crippen LogP contribution in [0.2, 0.25) is 0 Å². The largest absolute Gasteiger partial charge is 0.457 e. The second-order valence-corrected chi connectivity index (χ2v) is 17.0. The van der Waals surface area contributed by atoms with Gasteiger partial charge in [0.25, 0.3) is 0 Å². The van der Waals surface area contributed by atoms with Crippen LogP contribution in [0.4, 0.5) is 17.1 Å². The number of hydrogen-bond donors (Lipinski definition) is 0. The third-order valence-corrected chi connectivity index (χ3v) is 14.3. The van der Waals surface area contributed by atoms with E-state index in [1.165, 1.54) is 91.6 Å².